The fourth-order valence-electron chi connectivity index (χ4n) is 2.22. The number of nitrogens with two attached hydrogens (primary N) is 1. The van der Waals surface area contributed by atoms with E-state index in [4.69, 9.17) is 10.5 Å². The van der Waals surface area contributed by atoms with Gasteiger partial charge in [-0.1, -0.05) is 42.5 Å². The number of aromatic amines is 1. The SMILES string of the molecule is N[C@@H](CC(=O)OCc1ccccc1)c1nc2ccccc2[nH]1. The maximum atomic E-state index is 11.9. The molecule has 0 saturated heterocycles. The van der Waals surface area contributed by atoms with Gasteiger partial charge in [0.1, 0.15) is 12.4 Å². The molecule has 1 atom stereocenters. The van der Waals surface area contributed by atoms with Gasteiger partial charge < -0.3 is 15.5 Å². The second-order valence-corrected chi connectivity index (χ2v) is 5.10. The smallest absolute Gasteiger partial charge is 0.308 e. The van der Waals surface area contributed by atoms with Crippen LogP contribution in [0, 0.1) is 0 Å². The predicted octanol–water partition coefficient (Wildman–Crippen LogP) is 2.70. The first kappa shape index (κ1) is 14.3. The third-order valence-corrected chi connectivity index (χ3v) is 3.39. The summed E-state index contributed by atoms with van der Waals surface area (Å²) < 4.78 is 5.23. The summed E-state index contributed by atoms with van der Waals surface area (Å²) >= 11 is 0. The first-order valence-corrected chi connectivity index (χ1v) is 7.12. The molecule has 112 valence electrons. The summed E-state index contributed by atoms with van der Waals surface area (Å²) in [6.45, 7) is 0.256. The van der Waals surface area contributed by atoms with Crippen molar-refractivity contribution in [3.05, 3.63) is 66.0 Å². The predicted molar refractivity (Wildman–Crippen MR) is 83.9 cm³/mol. The lowest BCUT2D eigenvalue weighted by atomic mass is 10.2. The maximum absolute atomic E-state index is 11.9. The zero-order valence-corrected chi connectivity index (χ0v) is 12.0. The number of carbonyl (C=O) groups is 1. The van der Waals surface area contributed by atoms with Crippen LogP contribution >= 0.6 is 0 Å². The quantitative estimate of drug-likeness (QED) is 0.709. The molecule has 0 aliphatic rings. The maximum Gasteiger partial charge on any atom is 0.308 e. The van der Waals surface area contributed by atoms with Crippen LogP contribution in [-0.4, -0.2) is 15.9 Å². The van der Waals surface area contributed by atoms with Crippen molar-refractivity contribution in [2.75, 3.05) is 0 Å². The first-order valence-electron chi connectivity index (χ1n) is 7.12. The van der Waals surface area contributed by atoms with E-state index in [1.165, 1.54) is 0 Å². The molecule has 1 heterocycles. The van der Waals surface area contributed by atoms with Crippen molar-refractivity contribution >= 4 is 17.0 Å². The Kier molecular flexibility index (Phi) is 4.16. The highest BCUT2D eigenvalue weighted by molar-refractivity contribution is 5.75. The third kappa shape index (κ3) is 3.32. The fraction of sp³-hybridized carbons (Fsp3) is 0.176. The number of carbonyl (C=O) groups excluding carboxylic acids is 1. The molecule has 5 nitrogen and oxygen atoms in total. The molecule has 3 aromatic rings. The number of ether oxygens (including phenoxy) is 1. The Bertz CT molecular complexity index is 735. The Hall–Kier alpha value is -2.66. The Morgan fingerprint density at radius 3 is 2.64 bits per heavy atom. The fourth-order valence-corrected chi connectivity index (χ4v) is 2.22. The lowest BCUT2D eigenvalue weighted by molar-refractivity contribution is -0.145. The molecule has 0 amide bonds. The van der Waals surface area contributed by atoms with Gasteiger partial charge in [0, 0.05) is 0 Å². The van der Waals surface area contributed by atoms with Crippen molar-refractivity contribution in [2.45, 2.75) is 19.1 Å². The number of fused-ring (bicyclic) bond motifs is 1. The average Bonchev–Trinajstić information content (AvgIpc) is 2.98. The van der Waals surface area contributed by atoms with Gasteiger partial charge in [0.05, 0.1) is 23.5 Å². The number of nitrogens with zero attached hydrogens (tertiary/aromatic N) is 1. The number of benzene rings is 2. The third-order valence-electron chi connectivity index (χ3n) is 3.39. The number of aromatic nitrogens is 2. The second-order valence-electron chi connectivity index (χ2n) is 5.10. The van der Waals surface area contributed by atoms with E-state index in [1.807, 2.05) is 54.6 Å². The molecule has 2 aromatic carbocycles. The summed E-state index contributed by atoms with van der Waals surface area (Å²) in [7, 11) is 0. The van der Waals surface area contributed by atoms with Crippen LogP contribution in [0.15, 0.2) is 54.6 Å². The number of nitrogens with one attached hydrogen (secondary N) is 1. The summed E-state index contributed by atoms with van der Waals surface area (Å²) in [5.74, 6) is 0.259. The summed E-state index contributed by atoms with van der Waals surface area (Å²) in [6.07, 6.45) is 0.0899. The molecule has 0 bridgehead atoms. The number of rotatable bonds is 5. The molecule has 3 rings (SSSR count). The molecule has 1 aromatic heterocycles. The van der Waals surface area contributed by atoms with E-state index >= 15 is 0 Å². The lowest BCUT2D eigenvalue weighted by Crippen LogP contribution is -2.18. The van der Waals surface area contributed by atoms with E-state index in [1.54, 1.807) is 0 Å². The summed E-state index contributed by atoms with van der Waals surface area (Å²) in [6, 6.07) is 16.7. The van der Waals surface area contributed by atoms with Gasteiger partial charge in [-0.3, -0.25) is 4.79 Å². The van der Waals surface area contributed by atoms with Gasteiger partial charge >= 0.3 is 5.97 Å². The monoisotopic (exact) mass is 295 g/mol. The Morgan fingerprint density at radius 1 is 1.14 bits per heavy atom. The van der Waals surface area contributed by atoms with Gasteiger partial charge in [0.2, 0.25) is 0 Å². The zero-order valence-electron chi connectivity index (χ0n) is 12.0. The molecule has 3 N–H and O–H groups in total. The van der Waals surface area contributed by atoms with Crippen molar-refractivity contribution in [3.8, 4) is 0 Å². The summed E-state index contributed by atoms with van der Waals surface area (Å²) in [5.41, 5.74) is 8.73. The average molecular weight is 295 g/mol. The van der Waals surface area contributed by atoms with Gasteiger partial charge in [-0.2, -0.15) is 0 Å². The van der Waals surface area contributed by atoms with E-state index < -0.39 is 6.04 Å². The molecule has 0 aliphatic carbocycles. The van der Waals surface area contributed by atoms with Gasteiger partial charge in [-0.05, 0) is 17.7 Å². The van der Waals surface area contributed by atoms with Crippen LogP contribution in [0.2, 0.25) is 0 Å². The molecule has 0 unspecified atom stereocenters. The molecule has 0 radical (unpaired) electrons. The van der Waals surface area contributed by atoms with Crippen LogP contribution in [-0.2, 0) is 16.1 Å². The standard InChI is InChI=1S/C17H17N3O2/c18-13(17-19-14-8-4-5-9-15(14)20-17)10-16(21)22-11-12-6-2-1-3-7-12/h1-9,13H,10-11,18H2,(H,19,20)/t13-/m0/s1. The summed E-state index contributed by atoms with van der Waals surface area (Å²) in [5, 5.41) is 0. The highest BCUT2D eigenvalue weighted by Crippen LogP contribution is 2.17. The largest absolute Gasteiger partial charge is 0.461 e. The highest BCUT2D eigenvalue weighted by Gasteiger charge is 2.16. The first-order chi connectivity index (χ1) is 10.7. The van der Waals surface area contributed by atoms with Gasteiger partial charge in [0.15, 0.2) is 0 Å². The van der Waals surface area contributed by atoms with Crippen molar-refractivity contribution in [1.29, 1.82) is 0 Å². The number of H-pyrrole nitrogens is 1. The van der Waals surface area contributed by atoms with Crippen molar-refractivity contribution in [1.82, 2.24) is 9.97 Å². The van der Waals surface area contributed by atoms with E-state index in [0.717, 1.165) is 16.6 Å². The van der Waals surface area contributed by atoms with Crippen LogP contribution in [0.4, 0.5) is 0 Å². The molecular weight excluding hydrogens is 278 g/mol. The minimum absolute atomic E-state index is 0.0899. The van der Waals surface area contributed by atoms with Crippen LogP contribution in [0.5, 0.6) is 0 Å². The Morgan fingerprint density at radius 2 is 1.86 bits per heavy atom. The molecule has 5 heteroatoms. The van der Waals surface area contributed by atoms with Crippen molar-refractivity contribution in [2.24, 2.45) is 5.73 Å². The van der Waals surface area contributed by atoms with E-state index in [2.05, 4.69) is 9.97 Å². The molecule has 0 aliphatic heterocycles. The second kappa shape index (κ2) is 6.41. The van der Waals surface area contributed by atoms with E-state index in [0.29, 0.717) is 5.82 Å². The zero-order chi connectivity index (χ0) is 15.4. The Labute approximate surface area is 128 Å². The molecule has 0 saturated carbocycles. The van der Waals surface area contributed by atoms with Gasteiger partial charge in [0.25, 0.3) is 0 Å². The van der Waals surface area contributed by atoms with Crippen LogP contribution < -0.4 is 5.73 Å². The molecule has 0 fully saturated rings. The number of hydrogen-bond donors (Lipinski definition) is 2. The normalized spacial score (nSPS) is 12.2. The van der Waals surface area contributed by atoms with Gasteiger partial charge in [-0.25, -0.2) is 4.98 Å². The van der Waals surface area contributed by atoms with Crippen LogP contribution in [0.1, 0.15) is 23.9 Å². The topological polar surface area (TPSA) is 81.0 Å². The Balaban J connectivity index is 1.58. The van der Waals surface area contributed by atoms with Crippen molar-refractivity contribution in [3.63, 3.8) is 0 Å². The minimum atomic E-state index is -0.504. The number of imidazole rings is 1. The molecular formula is C17H17N3O2. The van der Waals surface area contributed by atoms with Crippen LogP contribution in [0.25, 0.3) is 11.0 Å². The molecule has 0 spiro atoms. The number of esters is 1. The lowest BCUT2D eigenvalue weighted by Gasteiger charge is -2.09. The van der Waals surface area contributed by atoms with E-state index in [-0.39, 0.29) is 19.0 Å². The highest BCUT2D eigenvalue weighted by atomic mass is 16.5. The summed E-state index contributed by atoms with van der Waals surface area (Å²) in [4.78, 5) is 19.4. The van der Waals surface area contributed by atoms with Crippen LogP contribution in [0.3, 0.4) is 0 Å². The number of para-hydroxylation sites is 2. The number of hydrogen-bond acceptors (Lipinski definition) is 4. The van der Waals surface area contributed by atoms with E-state index in [9.17, 15) is 4.79 Å². The molecule has 22 heavy (non-hydrogen) atoms. The van der Waals surface area contributed by atoms with Gasteiger partial charge in [-0.15, -0.1) is 0 Å². The minimum Gasteiger partial charge on any atom is -0.461 e. The van der Waals surface area contributed by atoms with Crippen molar-refractivity contribution < 1.29 is 9.53 Å².